The monoisotopic (exact) mass is 490 g/mol. The summed E-state index contributed by atoms with van der Waals surface area (Å²) in [6.07, 6.45) is 0. The molecule has 0 spiro atoms. The molecule has 0 aliphatic carbocycles. The predicted octanol–water partition coefficient (Wildman–Crippen LogP) is 3.41. The van der Waals surface area contributed by atoms with E-state index < -0.39 is 0 Å². The van der Waals surface area contributed by atoms with Crippen LogP contribution in [0.2, 0.25) is 0 Å². The molecule has 0 nitrogen and oxygen atoms in total. The fourth-order valence-electron chi connectivity index (χ4n) is 0.614. The molecular weight excluding hydrogens is 477 g/mol. The van der Waals surface area contributed by atoms with Crippen molar-refractivity contribution in [2.24, 2.45) is 0 Å². The van der Waals surface area contributed by atoms with Crippen molar-refractivity contribution >= 4 is 60.2 Å². The van der Waals surface area contributed by atoms with Crippen LogP contribution in [0.5, 0.6) is 0 Å². The normalized spacial score (nSPS) is 8.83. The molecule has 0 aromatic heterocycles. The molecule has 0 saturated carbocycles. The Bertz CT molecular complexity index is 175. The van der Waals surface area contributed by atoms with Gasteiger partial charge in [0.05, 0.1) is 0 Å². The average molecular weight is 490 g/mol. The standard InChI is InChI=1S/C7H7.C2H6I2.In/c1-7-5-3-2-4-6-7;1-2-4-3;/h2-6H,1H2;4H,2H2,1H3;. The van der Waals surface area contributed by atoms with Crippen molar-refractivity contribution in [3.63, 3.8) is 0 Å². The Hall–Kier alpha value is 1.55. The molecule has 1 aromatic rings. The maximum absolute atomic E-state index is 2.48. The van der Waals surface area contributed by atoms with Crippen molar-refractivity contribution in [2.75, 3.05) is 4.43 Å². The van der Waals surface area contributed by atoms with Gasteiger partial charge in [-0.05, 0) is 0 Å². The Morgan fingerprint density at radius 1 is 1.33 bits per heavy atom. The summed E-state index contributed by atoms with van der Waals surface area (Å²) in [5.74, 6) is 0. The third-order valence-corrected chi connectivity index (χ3v) is 7.33. The second-order valence-corrected chi connectivity index (χ2v) is 9.70. The van der Waals surface area contributed by atoms with Gasteiger partial charge in [0, 0.05) is 0 Å². The second-order valence-electron chi connectivity index (χ2n) is 2.09. The average Bonchev–Trinajstić information content (AvgIpc) is 2.19. The Morgan fingerprint density at radius 3 is 2.08 bits per heavy atom. The van der Waals surface area contributed by atoms with E-state index in [-0.39, 0.29) is 0 Å². The molecule has 0 amide bonds. The molecule has 0 aliphatic rings. The van der Waals surface area contributed by atoms with Crippen LogP contribution in [0.4, 0.5) is 0 Å². The fraction of sp³-hybridized carbons (Fsp3) is 0.333. The summed E-state index contributed by atoms with van der Waals surface area (Å²) < 4.78 is 2.71. The van der Waals surface area contributed by atoms with Gasteiger partial charge in [0.25, 0.3) is 0 Å². The molecule has 0 atom stereocenters. The van der Waals surface area contributed by atoms with Gasteiger partial charge in [0.15, 0.2) is 0 Å². The van der Waals surface area contributed by atoms with Crippen molar-refractivity contribution in [3.8, 4) is 0 Å². The predicted molar refractivity (Wildman–Crippen MR) is 75.9 cm³/mol. The van der Waals surface area contributed by atoms with Gasteiger partial charge in [-0.2, -0.15) is 0 Å². The summed E-state index contributed by atoms with van der Waals surface area (Å²) in [7, 11) is 0. The number of benzene rings is 1. The van der Waals surface area contributed by atoms with Crippen molar-refractivity contribution < 1.29 is 0 Å². The van der Waals surface area contributed by atoms with Gasteiger partial charge < -0.3 is 0 Å². The third-order valence-electron chi connectivity index (χ3n) is 1.19. The molecule has 3 heteroatoms. The molecule has 0 fully saturated rings. The Balaban J connectivity index is 0.000000261. The topological polar surface area (TPSA) is 0 Å². The van der Waals surface area contributed by atoms with E-state index in [1.165, 1.54) is 38.5 Å². The summed E-state index contributed by atoms with van der Waals surface area (Å²) in [5.41, 5.74) is 1.47. The molecule has 0 saturated heterocycles. The number of hydrogen-bond acceptors (Lipinski definition) is 0. The van der Waals surface area contributed by atoms with Crippen LogP contribution in [-0.4, -0.2) is 28.8 Å². The number of hydrogen-bond donors (Lipinski definition) is 0. The minimum atomic E-state index is 0.452. The molecule has 0 aliphatic heterocycles. The first-order valence-electron chi connectivity index (χ1n) is 3.82. The van der Waals surface area contributed by atoms with Crippen molar-refractivity contribution in [2.45, 2.75) is 11.1 Å². The van der Waals surface area contributed by atoms with E-state index in [0.29, 0.717) is 17.2 Å². The molecule has 1 rings (SSSR count). The Labute approximate surface area is 110 Å². The molecule has 0 unspecified atom stereocenters. The summed E-state index contributed by atoms with van der Waals surface area (Å²) in [6, 6.07) is 10.6. The Kier molecular flexibility index (Phi) is 12.0. The first-order valence-corrected chi connectivity index (χ1v) is 14.6. The van der Waals surface area contributed by atoms with Gasteiger partial charge in [0.1, 0.15) is 0 Å². The molecule has 2 radical (unpaired) electrons. The number of rotatable bonds is 2. The minimum absolute atomic E-state index is 0.452. The molecule has 0 bridgehead atoms. The molecule has 66 valence electrons. The maximum atomic E-state index is 2.48. The summed E-state index contributed by atoms with van der Waals surface area (Å²) in [5, 5.41) is 0. The van der Waals surface area contributed by atoms with Gasteiger partial charge in [-0.25, -0.2) is 0 Å². The van der Waals surface area contributed by atoms with Crippen LogP contribution in [0.15, 0.2) is 30.3 Å². The van der Waals surface area contributed by atoms with Gasteiger partial charge in [0.2, 0.25) is 0 Å². The van der Waals surface area contributed by atoms with E-state index in [9.17, 15) is 0 Å². The van der Waals surface area contributed by atoms with Crippen LogP contribution in [0.1, 0.15) is 12.5 Å². The van der Waals surface area contributed by atoms with E-state index in [1.807, 2.05) is 0 Å². The van der Waals surface area contributed by atoms with Gasteiger partial charge in [-0.15, -0.1) is 0 Å². The molecule has 0 heterocycles. The molecule has 0 N–H and O–H groups in total. The Morgan fingerprint density at radius 2 is 1.83 bits per heavy atom. The zero-order valence-corrected chi connectivity index (χ0v) is 14.9. The van der Waals surface area contributed by atoms with Crippen molar-refractivity contribution in [1.29, 1.82) is 0 Å². The fourth-order valence-corrected chi connectivity index (χ4v) is 1.39. The van der Waals surface area contributed by atoms with Gasteiger partial charge in [-0.3, -0.25) is 0 Å². The number of alkyl halides is 1. The molecule has 12 heavy (non-hydrogen) atoms. The van der Waals surface area contributed by atoms with Crippen LogP contribution in [0.3, 0.4) is 0 Å². The van der Waals surface area contributed by atoms with Crippen LogP contribution in [0.25, 0.3) is 0 Å². The van der Waals surface area contributed by atoms with Crippen LogP contribution >= 0.6 is 35.8 Å². The zero-order chi connectivity index (χ0) is 9.23. The summed E-state index contributed by atoms with van der Waals surface area (Å²) in [4.78, 5) is 0. The second kappa shape index (κ2) is 10.6. The number of halogens is 2. The first-order chi connectivity index (χ1) is 5.85. The summed E-state index contributed by atoms with van der Waals surface area (Å²) in [6.45, 7) is 2.23. The van der Waals surface area contributed by atoms with E-state index in [4.69, 9.17) is 0 Å². The molecular formula is C9H13I2In. The van der Waals surface area contributed by atoms with Crippen molar-refractivity contribution in [3.05, 3.63) is 35.9 Å². The van der Waals surface area contributed by atoms with Crippen LogP contribution in [-0.2, 0) is 4.18 Å². The third kappa shape index (κ3) is 8.16. The van der Waals surface area contributed by atoms with E-state index >= 15 is 0 Å². The quantitative estimate of drug-likeness (QED) is 0.441. The van der Waals surface area contributed by atoms with Gasteiger partial charge >= 0.3 is 112 Å². The molecule has 1 aromatic carbocycles. The van der Waals surface area contributed by atoms with E-state index in [0.717, 1.165) is 0 Å². The van der Waals surface area contributed by atoms with Crippen LogP contribution < -0.4 is 0 Å². The van der Waals surface area contributed by atoms with Crippen LogP contribution in [0, 0.1) is 0 Å². The zero-order valence-electron chi connectivity index (χ0n) is 7.16. The first kappa shape index (κ1) is 13.6. The van der Waals surface area contributed by atoms with E-state index in [2.05, 4.69) is 55.9 Å². The van der Waals surface area contributed by atoms with Gasteiger partial charge in [-0.1, -0.05) is 0 Å². The van der Waals surface area contributed by atoms with Crippen molar-refractivity contribution in [1.82, 2.24) is 0 Å². The summed E-state index contributed by atoms with van der Waals surface area (Å²) >= 11 is 4.27. The van der Waals surface area contributed by atoms with E-state index in [1.54, 1.807) is 0 Å². The SMILES string of the molecule is CC[IH]I.[In][CH2]c1ccccc1.